The van der Waals surface area contributed by atoms with E-state index < -0.39 is 17.2 Å². The summed E-state index contributed by atoms with van der Waals surface area (Å²) in [5, 5.41) is -1.41. The van der Waals surface area contributed by atoms with Gasteiger partial charge in [-0.1, -0.05) is 23.7 Å². The Hall–Kier alpha value is -1.10. The molecule has 0 heterocycles. The Morgan fingerprint density at radius 1 is 1.20 bits per heavy atom. The van der Waals surface area contributed by atoms with Crippen LogP contribution in [0.1, 0.15) is 5.56 Å². The van der Waals surface area contributed by atoms with Gasteiger partial charge in [-0.2, -0.15) is 13.2 Å². The second kappa shape index (κ2) is 4.61. The summed E-state index contributed by atoms with van der Waals surface area (Å²) in [6.07, 6.45) is -4.62. The third-order valence-electron chi connectivity index (χ3n) is 1.55. The van der Waals surface area contributed by atoms with Crippen molar-refractivity contribution in [2.24, 2.45) is 4.99 Å². The van der Waals surface area contributed by atoms with Gasteiger partial charge in [-0.3, -0.25) is 4.99 Å². The molecule has 1 nitrogen and oxygen atoms in total. The van der Waals surface area contributed by atoms with Crippen LogP contribution < -0.4 is 0 Å². The zero-order valence-corrected chi connectivity index (χ0v) is 8.11. The Morgan fingerprint density at radius 3 is 2.20 bits per heavy atom. The van der Waals surface area contributed by atoms with Gasteiger partial charge < -0.3 is 0 Å². The molecule has 0 saturated heterocycles. The van der Waals surface area contributed by atoms with E-state index in [2.05, 4.69) is 4.99 Å². The van der Waals surface area contributed by atoms with Crippen LogP contribution in [0, 0.1) is 5.82 Å². The standard InChI is InChI=1S/C9H6ClF4N/c10-8(9(12,13)14)15-5-6-1-3-7(11)4-2-6/h1-4H,5H2/b15-8-. The van der Waals surface area contributed by atoms with E-state index in [4.69, 9.17) is 11.6 Å². The first-order valence-electron chi connectivity index (χ1n) is 3.91. The number of rotatable bonds is 2. The van der Waals surface area contributed by atoms with Crippen molar-refractivity contribution in [2.75, 3.05) is 0 Å². The van der Waals surface area contributed by atoms with Crippen LogP contribution in [0.25, 0.3) is 0 Å². The van der Waals surface area contributed by atoms with Crippen LogP contribution in [-0.4, -0.2) is 11.3 Å². The predicted octanol–water partition coefficient (Wildman–Crippen LogP) is 3.53. The predicted molar refractivity (Wildman–Crippen MR) is 49.4 cm³/mol. The second-order valence-electron chi connectivity index (χ2n) is 2.73. The lowest BCUT2D eigenvalue weighted by atomic mass is 10.2. The average molecular weight is 240 g/mol. The summed E-state index contributed by atoms with van der Waals surface area (Å²) in [4.78, 5) is 3.13. The Morgan fingerprint density at radius 2 is 1.73 bits per heavy atom. The number of halogens is 5. The van der Waals surface area contributed by atoms with Crippen molar-refractivity contribution in [2.45, 2.75) is 12.7 Å². The van der Waals surface area contributed by atoms with Gasteiger partial charge in [0.2, 0.25) is 5.17 Å². The van der Waals surface area contributed by atoms with Crippen molar-refractivity contribution in [3.05, 3.63) is 35.6 Å². The van der Waals surface area contributed by atoms with Crippen molar-refractivity contribution in [1.82, 2.24) is 0 Å². The Balaban J connectivity index is 2.68. The molecule has 82 valence electrons. The minimum absolute atomic E-state index is 0.224. The fraction of sp³-hybridized carbons (Fsp3) is 0.222. The van der Waals surface area contributed by atoms with Crippen molar-refractivity contribution in [3.8, 4) is 0 Å². The number of alkyl halides is 3. The summed E-state index contributed by atoms with van der Waals surface area (Å²) in [5.74, 6) is -0.454. The van der Waals surface area contributed by atoms with Crippen LogP contribution in [0.2, 0.25) is 0 Å². The number of nitrogens with zero attached hydrogens (tertiary/aromatic N) is 1. The molecule has 0 unspecified atom stereocenters. The normalized spacial score (nSPS) is 13.0. The largest absolute Gasteiger partial charge is 0.444 e. The van der Waals surface area contributed by atoms with Crippen LogP contribution in [0.15, 0.2) is 29.3 Å². The molecule has 0 fully saturated rings. The zero-order chi connectivity index (χ0) is 11.5. The summed E-state index contributed by atoms with van der Waals surface area (Å²) >= 11 is 4.89. The minimum Gasteiger partial charge on any atom is -0.265 e. The van der Waals surface area contributed by atoms with Gasteiger partial charge in [0.15, 0.2) is 0 Å². The van der Waals surface area contributed by atoms with E-state index >= 15 is 0 Å². The molecule has 0 amide bonds. The summed E-state index contributed by atoms with van der Waals surface area (Å²) < 4.78 is 48.1. The molecule has 15 heavy (non-hydrogen) atoms. The van der Waals surface area contributed by atoms with Crippen LogP contribution in [0.4, 0.5) is 17.6 Å². The molecule has 0 spiro atoms. The molecular weight excluding hydrogens is 234 g/mol. The summed E-state index contributed by atoms with van der Waals surface area (Å²) in [5.41, 5.74) is 0.457. The molecule has 0 aliphatic heterocycles. The summed E-state index contributed by atoms with van der Waals surface area (Å²) in [6.45, 7) is -0.224. The van der Waals surface area contributed by atoms with Crippen LogP contribution in [-0.2, 0) is 6.54 Å². The number of benzene rings is 1. The zero-order valence-electron chi connectivity index (χ0n) is 7.35. The molecule has 0 bridgehead atoms. The fourth-order valence-corrected chi connectivity index (χ4v) is 0.900. The van der Waals surface area contributed by atoms with Crippen LogP contribution >= 0.6 is 11.6 Å². The molecule has 0 saturated carbocycles. The number of hydrogen-bond donors (Lipinski definition) is 0. The smallest absolute Gasteiger partial charge is 0.265 e. The van der Waals surface area contributed by atoms with Crippen LogP contribution in [0.3, 0.4) is 0 Å². The van der Waals surface area contributed by atoms with E-state index in [1.807, 2.05) is 0 Å². The molecular formula is C9H6ClF4N. The van der Waals surface area contributed by atoms with E-state index in [1.165, 1.54) is 12.1 Å². The molecule has 0 atom stereocenters. The lowest BCUT2D eigenvalue weighted by molar-refractivity contribution is -0.0561. The SMILES string of the molecule is Fc1ccc(C/N=C(\Cl)C(F)(F)F)cc1. The highest BCUT2D eigenvalue weighted by atomic mass is 35.5. The molecule has 0 aliphatic carbocycles. The molecule has 0 aliphatic rings. The number of aliphatic imine (C=N–C) groups is 1. The third-order valence-corrected chi connectivity index (χ3v) is 1.88. The molecule has 1 aromatic carbocycles. The lowest BCUT2D eigenvalue weighted by Crippen LogP contribution is -2.17. The molecule has 0 N–H and O–H groups in total. The van der Waals surface area contributed by atoms with Gasteiger partial charge in [-0.15, -0.1) is 0 Å². The first-order chi connectivity index (χ1) is 6.89. The highest BCUT2D eigenvalue weighted by Gasteiger charge is 2.34. The van der Waals surface area contributed by atoms with Crippen molar-refractivity contribution >= 4 is 16.8 Å². The van der Waals surface area contributed by atoms with Gasteiger partial charge in [-0.05, 0) is 17.7 Å². The average Bonchev–Trinajstić information content (AvgIpc) is 2.15. The van der Waals surface area contributed by atoms with Gasteiger partial charge >= 0.3 is 6.18 Å². The van der Waals surface area contributed by atoms with Crippen molar-refractivity contribution < 1.29 is 17.6 Å². The molecule has 6 heteroatoms. The Labute approximate surface area is 88.4 Å². The maximum atomic E-state index is 12.4. The quantitative estimate of drug-likeness (QED) is 0.553. The summed E-state index contributed by atoms with van der Waals surface area (Å²) in [7, 11) is 0. The summed E-state index contributed by atoms with van der Waals surface area (Å²) in [6, 6.07) is 4.98. The first-order valence-corrected chi connectivity index (χ1v) is 4.29. The first kappa shape index (κ1) is 12.0. The van der Waals surface area contributed by atoms with Crippen LogP contribution in [0.5, 0.6) is 0 Å². The third kappa shape index (κ3) is 3.87. The van der Waals surface area contributed by atoms with E-state index in [0.29, 0.717) is 5.56 Å². The van der Waals surface area contributed by atoms with E-state index in [-0.39, 0.29) is 6.54 Å². The molecule has 1 aromatic rings. The van der Waals surface area contributed by atoms with E-state index in [9.17, 15) is 17.6 Å². The maximum Gasteiger partial charge on any atom is 0.444 e. The number of hydrogen-bond acceptors (Lipinski definition) is 1. The molecule has 0 aromatic heterocycles. The van der Waals surface area contributed by atoms with Gasteiger partial charge in [-0.25, -0.2) is 4.39 Å². The van der Waals surface area contributed by atoms with Crippen molar-refractivity contribution in [1.29, 1.82) is 0 Å². The molecule has 0 radical (unpaired) electrons. The van der Waals surface area contributed by atoms with Gasteiger partial charge in [0.1, 0.15) is 5.82 Å². The Kier molecular flexibility index (Phi) is 3.68. The lowest BCUT2D eigenvalue weighted by Gasteiger charge is -2.03. The second-order valence-corrected chi connectivity index (χ2v) is 3.09. The van der Waals surface area contributed by atoms with Gasteiger partial charge in [0.25, 0.3) is 0 Å². The maximum absolute atomic E-state index is 12.4. The Bertz CT molecular complexity index is 355. The minimum atomic E-state index is -4.62. The highest BCUT2D eigenvalue weighted by Crippen LogP contribution is 2.20. The van der Waals surface area contributed by atoms with Crippen molar-refractivity contribution in [3.63, 3.8) is 0 Å². The van der Waals surface area contributed by atoms with E-state index in [1.54, 1.807) is 0 Å². The van der Waals surface area contributed by atoms with Gasteiger partial charge in [0, 0.05) is 0 Å². The topological polar surface area (TPSA) is 12.4 Å². The van der Waals surface area contributed by atoms with Gasteiger partial charge in [0.05, 0.1) is 6.54 Å². The molecule has 1 rings (SSSR count). The fourth-order valence-electron chi connectivity index (χ4n) is 0.840. The monoisotopic (exact) mass is 239 g/mol. The van der Waals surface area contributed by atoms with E-state index in [0.717, 1.165) is 12.1 Å². The highest BCUT2D eigenvalue weighted by molar-refractivity contribution is 6.66.